The Morgan fingerprint density at radius 3 is 2.50 bits per heavy atom. The summed E-state index contributed by atoms with van der Waals surface area (Å²) >= 11 is 0. The number of hydrogen-bond acceptors (Lipinski definition) is 4. The number of aliphatic hydroxyl groups excluding tert-OH is 1. The smallest absolute Gasteiger partial charge is 0.245 e. The molecule has 2 heterocycles. The van der Waals surface area contributed by atoms with Crippen LogP contribution in [0.25, 0.3) is 0 Å². The number of imidazole rings is 1. The molecule has 1 fully saturated rings. The molecule has 1 aromatic heterocycles. The molecule has 0 saturated carbocycles. The number of carbonyl (C=O) groups excluding carboxylic acids is 1. The van der Waals surface area contributed by atoms with E-state index in [2.05, 4.69) is 40.7 Å². The highest BCUT2D eigenvalue weighted by atomic mass is 35.5. The molecule has 0 bridgehead atoms. The summed E-state index contributed by atoms with van der Waals surface area (Å²) in [6, 6.07) is 0.127. The lowest BCUT2D eigenvalue weighted by molar-refractivity contribution is -0.124. The van der Waals surface area contributed by atoms with Gasteiger partial charge in [0.1, 0.15) is 12.4 Å². The van der Waals surface area contributed by atoms with Crippen LogP contribution in [0.15, 0.2) is 0 Å². The molecular weight excluding hydrogens is 351 g/mol. The number of aromatic nitrogens is 2. The van der Waals surface area contributed by atoms with Gasteiger partial charge in [-0.05, 0) is 26.2 Å². The topological polar surface area (TPSA) is 70.4 Å². The van der Waals surface area contributed by atoms with Gasteiger partial charge in [-0.3, -0.25) is 9.69 Å². The van der Waals surface area contributed by atoms with Crippen molar-refractivity contribution in [3.05, 3.63) is 17.2 Å². The van der Waals surface area contributed by atoms with Crippen LogP contribution in [0.1, 0.15) is 37.0 Å². The van der Waals surface area contributed by atoms with E-state index in [9.17, 15) is 4.79 Å². The number of carbonyl (C=O) groups is 1. The number of aryl methyl sites for hydroxylation is 1. The van der Waals surface area contributed by atoms with E-state index in [1.54, 1.807) is 0 Å². The van der Waals surface area contributed by atoms with Crippen LogP contribution in [0, 0.1) is 19.8 Å². The predicted octanol–water partition coefficient (Wildman–Crippen LogP) is 1.59. The van der Waals surface area contributed by atoms with Crippen LogP contribution < -0.4 is 5.32 Å². The normalized spacial score (nSPS) is 20.4. The molecule has 0 aliphatic carbocycles. The van der Waals surface area contributed by atoms with E-state index in [1.807, 2.05) is 6.92 Å². The Labute approximate surface area is 156 Å². The molecule has 1 saturated heterocycles. The summed E-state index contributed by atoms with van der Waals surface area (Å²) in [5, 5.41) is 11.9. The molecule has 1 aromatic rings. The van der Waals surface area contributed by atoms with Gasteiger partial charge in [0.15, 0.2) is 0 Å². The predicted molar refractivity (Wildman–Crippen MR) is 99.9 cm³/mol. The van der Waals surface area contributed by atoms with E-state index in [0.717, 1.165) is 44.0 Å². The van der Waals surface area contributed by atoms with Crippen molar-refractivity contribution in [3.63, 3.8) is 0 Å². The van der Waals surface area contributed by atoms with Crippen LogP contribution >= 0.6 is 24.8 Å². The maximum atomic E-state index is 11.5. The minimum absolute atomic E-state index is 0. The molecule has 2 atom stereocenters. The molecule has 1 amide bonds. The SMILES string of the molecule is CCC[C@H]1CN(Cc2nc(C)c(C)n2C)C[C@@H]1NC(=O)CO.Cl.Cl. The lowest BCUT2D eigenvalue weighted by Gasteiger charge is -2.18. The fraction of sp³-hybridized carbons (Fsp3) is 0.750. The maximum Gasteiger partial charge on any atom is 0.245 e. The van der Waals surface area contributed by atoms with Crippen molar-refractivity contribution < 1.29 is 9.90 Å². The van der Waals surface area contributed by atoms with E-state index >= 15 is 0 Å². The molecule has 140 valence electrons. The average molecular weight is 381 g/mol. The number of nitrogens with zero attached hydrogens (tertiary/aromatic N) is 3. The first-order valence-electron chi connectivity index (χ1n) is 8.07. The maximum absolute atomic E-state index is 11.5. The number of likely N-dealkylation sites (tertiary alicyclic amines) is 1. The monoisotopic (exact) mass is 380 g/mol. The Bertz CT molecular complexity index is 536. The third-order valence-electron chi connectivity index (χ3n) is 4.74. The van der Waals surface area contributed by atoms with Crippen LogP contribution in [0.2, 0.25) is 0 Å². The lowest BCUT2D eigenvalue weighted by atomic mass is 9.98. The summed E-state index contributed by atoms with van der Waals surface area (Å²) < 4.78 is 2.14. The molecule has 6 nitrogen and oxygen atoms in total. The molecule has 2 rings (SSSR count). The van der Waals surface area contributed by atoms with Crippen LogP contribution in [-0.4, -0.2) is 51.2 Å². The van der Waals surface area contributed by atoms with E-state index in [-0.39, 0.29) is 36.8 Å². The van der Waals surface area contributed by atoms with Crippen molar-refractivity contribution in [2.45, 2.75) is 46.2 Å². The van der Waals surface area contributed by atoms with Crippen molar-refractivity contribution in [3.8, 4) is 0 Å². The van der Waals surface area contributed by atoms with Crippen LogP contribution in [0.5, 0.6) is 0 Å². The van der Waals surface area contributed by atoms with Crippen molar-refractivity contribution in [1.82, 2.24) is 19.8 Å². The van der Waals surface area contributed by atoms with E-state index in [4.69, 9.17) is 5.11 Å². The Morgan fingerprint density at radius 2 is 2.00 bits per heavy atom. The first kappa shape index (κ1) is 23.2. The highest BCUT2D eigenvalue weighted by Crippen LogP contribution is 2.23. The molecule has 0 unspecified atom stereocenters. The van der Waals surface area contributed by atoms with Crippen LogP contribution in [0.4, 0.5) is 0 Å². The molecule has 2 N–H and O–H groups in total. The second-order valence-corrected chi connectivity index (χ2v) is 6.33. The molecule has 1 aliphatic rings. The molecule has 8 heteroatoms. The van der Waals surface area contributed by atoms with Gasteiger partial charge in [0.05, 0.1) is 12.2 Å². The van der Waals surface area contributed by atoms with Crippen molar-refractivity contribution in [1.29, 1.82) is 0 Å². The Balaban J connectivity index is 0.00000264. The molecule has 0 aromatic carbocycles. The van der Waals surface area contributed by atoms with Crippen molar-refractivity contribution in [2.24, 2.45) is 13.0 Å². The van der Waals surface area contributed by atoms with Gasteiger partial charge in [-0.1, -0.05) is 13.3 Å². The Morgan fingerprint density at radius 1 is 1.33 bits per heavy atom. The van der Waals surface area contributed by atoms with Crippen LogP contribution in [-0.2, 0) is 18.4 Å². The summed E-state index contributed by atoms with van der Waals surface area (Å²) in [4.78, 5) is 18.5. The molecule has 0 spiro atoms. The van der Waals surface area contributed by atoms with Gasteiger partial charge in [-0.15, -0.1) is 24.8 Å². The van der Waals surface area contributed by atoms with Gasteiger partial charge < -0.3 is 15.0 Å². The number of halogens is 2. The minimum atomic E-state index is -0.437. The van der Waals surface area contributed by atoms with E-state index in [0.29, 0.717) is 5.92 Å². The summed E-state index contributed by atoms with van der Waals surface area (Å²) in [5.74, 6) is 1.24. The fourth-order valence-electron chi connectivity index (χ4n) is 3.30. The zero-order valence-corrected chi connectivity index (χ0v) is 16.5. The Hall–Kier alpha value is -0.820. The first-order valence-corrected chi connectivity index (χ1v) is 8.07. The van der Waals surface area contributed by atoms with Gasteiger partial charge in [0, 0.05) is 31.9 Å². The van der Waals surface area contributed by atoms with Gasteiger partial charge in [-0.25, -0.2) is 4.98 Å². The third kappa shape index (κ3) is 5.34. The van der Waals surface area contributed by atoms with Crippen molar-refractivity contribution >= 4 is 30.7 Å². The van der Waals surface area contributed by atoms with E-state index in [1.165, 1.54) is 5.69 Å². The number of nitrogens with one attached hydrogen (secondary N) is 1. The summed E-state index contributed by atoms with van der Waals surface area (Å²) in [5.41, 5.74) is 2.27. The number of aliphatic hydroxyl groups is 1. The average Bonchev–Trinajstić information content (AvgIpc) is 2.96. The van der Waals surface area contributed by atoms with Crippen molar-refractivity contribution in [2.75, 3.05) is 19.7 Å². The second kappa shape index (κ2) is 10.2. The molecule has 0 radical (unpaired) electrons. The lowest BCUT2D eigenvalue weighted by Crippen LogP contribution is -2.41. The van der Waals surface area contributed by atoms with Gasteiger partial charge in [0.2, 0.25) is 5.91 Å². The van der Waals surface area contributed by atoms with Crippen LogP contribution in [0.3, 0.4) is 0 Å². The highest BCUT2D eigenvalue weighted by molar-refractivity contribution is 5.85. The zero-order chi connectivity index (χ0) is 16.3. The highest BCUT2D eigenvalue weighted by Gasteiger charge is 2.33. The van der Waals surface area contributed by atoms with Gasteiger partial charge in [-0.2, -0.15) is 0 Å². The van der Waals surface area contributed by atoms with Gasteiger partial charge in [0.25, 0.3) is 0 Å². The Kier molecular flexibility index (Phi) is 9.88. The van der Waals surface area contributed by atoms with E-state index < -0.39 is 6.61 Å². The summed E-state index contributed by atoms with van der Waals surface area (Å²) in [7, 11) is 2.05. The minimum Gasteiger partial charge on any atom is -0.387 e. The zero-order valence-electron chi connectivity index (χ0n) is 14.9. The second-order valence-electron chi connectivity index (χ2n) is 6.33. The summed E-state index contributed by atoms with van der Waals surface area (Å²) in [6.07, 6.45) is 2.19. The fourth-order valence-corrected chi connectivity index (χ4v) is 3.30. The largest absolute Gasteiger partial charge is 0.387 e. The molecule has 1 aliphatic heterocycles. The number of rotatable bonds is 6. The van der Waals surface area contributed by atoms with Gasteiger partial charge >= 0.3 is 0 Å². The quantitative estimate of drug-likeness (QED) is 0.785. The summed E-state index contributed by atoms with van der Waals surface area (Å²) in [6.45, 7) is 8.44. The molecular formula is C16H30Cl2N4O2. The first-order chi connectivity index (χ1) is 10.5. The molecule has 24 heavy (non-hydrogen) atoms. The number of hydrogen-bond donors (Lipinski definition) is 2. The number of amides is 1. The standard InChI is InChI=1S/C16H28N4O2.2ClH/c1-5-6-13-7-20(8-14(13)18-16(22)10-21)9-15-17-11(2)12(3)19(15)4;;/h13-14,21H,5-10H2,1-4H3,(H,18,22);2*1H/t13-,14-;;/m0../s1. The third-order valence-corrected chi connectivity index (χ3v) is 4.74.